The largest absolute Gasteiger partial charge is 0.455 e. The summed E-state index contributed by atoms with van der Waals surface area (Å²) in [5, 5.41) is 7.88. The van der Waals surface area contributed by atoms with E-state index in [1.165, 1.54) is 44.4 Å². The maximum atomic E-state index is 13.6. The van der Waals surface area contributed by atoms with Gasteiger partial charge in [-0.3, -0.25) is 9.10 Å². The third-order valence-corrected chi connectivity index (χ3v) is 7.36. The molecule has 1 amide bonds. The van der Waals surface area contributed by atoms with Gasteiger partial charge in [0.25, 0.3) is 5.91 Å². The summed E-state index contributed by atoms with van der Waals surface area (Å²) in [6, 6.07) is 15.4. The van der Waals surface area contributed by atoms with E-state index in [0.717, 1.165) is 15.7 Å². The highest BCUT2D eigenvalue weighted by Gasteiger charge is 2.26. The summed E-state index contributed by atoms with van der Waals surface area (Å²) in [7, 11) is -0.850. The van der Waals surface area contributed by atoms with Crippen LogP contribution in [0.25, 0.3) is 33.4 Å². The van der Waals surface area contributed by atoms with Gasteiger partial charge in [-0.25, -0.2) is 23.8 Å². The summed E-state index contributed by atoms with van der Waals surface area (Å²) in [4.78, 5) is 23.8. The fourth-order valence-corrected chi connectivity index (χ4v) is 4.63. The number of nitrogens with one attached hydrogen (secondary N) is 1. The number of nitrogens with zero attached hydrogens (tertiary/aromatic N) is 3. The molecule has 0 unspecified atom stereocenters. The number of hydrazine groups is 1. The van der Waals surface area contributed by atoms with E-state index in [9.17, 15) is 22.4 Å². The molecule has 4 aromatic rings. The molecule has 5 N–H and O–H groups in total. The quantitative estimate of drug-likeness (QED) is 0.0915. The molecule has 208 valence electrons. The highest BCUT2D eigenvalue weighted by atomic mass is 32.2. The number of amides is 1. The molecule has 0 radical (unpaired) electrons. The molecule has 4 rings (SSSR count). The predicted octanol–water partition coefficient (Wildman–Crippen LogP) is 2.66. The topological polar surface area (TPSA) is 164 Å². The number of carbonyl (C=O) groups is 2. The van der Waals surface area contributed by atoms with Crippen LogP contribution in [0.5, 0.6) is 0 Å². The number of amidine groups is 1. The molecule has 0 atom stereocenters. The van der Waals surface area contributed by atoms with Crippen molar-refractivity contribution in [2.75, 3.05) is 31.2 Å². The lowest BCUT2D eigenvalue weighted by atomic mass is 9.97. The molecule has 40 heavy (non-hydrogen) atoms. The van der Waals surface area contributed by atoms with E-state index < -0.39 is 21.7 Å². The summed E-state index contributed by atoms with van der Waals surface area (Å²) in [6.45, 7) is -0.167. The van der Waals surface area contributed by atoms with Crippen molar-refractivity contribution in [2.45, 2.75) is 0 Å². The van der Waals surface area contributed by atoms with Gasteiger partial charge in [0.15, 0.2) is 5.84 Å². The minimum absolute atomic E-state index is 0.0262. The van der Waals surface area contributed by atoms with Crippen LogP contribution in [0.4, 0.5) is 10.1 Å². The lowest BCUT2D eigenvalue weighted by molar-refractivity contribution is -0.108. The fraction of sp³-hybridized carbons (Fsp3) is 0.148. The van der Waals surface area contributed by atoms with Gasteiger partial charge in [0.05, 0.1) is 17.5 Å². The molecule has 0 saturated heterocycles. The van der Waals surface area contributed by atoms with E-state index in [1.54, 1.807) is 30.3 Å². The minimum Gasteiger partial charge on any atom is -0.455 e. The highest BCUT2D eigenvalue weighted by Crippen LogP contribution is 2.41. The van der Waals surface area contributed by atoms with Gasteiger partial charge in [-0.05, 0) is 42.0 Å². The lowest BCUT2D eigenvalue weighted by Gasteiger charge is -2.21. The van der Waals surface area contributed by atoms with E-state index in [0.29, 0.717) is 33.9 Å². The first-order chi connectivity index (χ1) is 18.9. The number of hydrogen-bond acceptors (Lipinski definition) is 8. The third-order valence-electron chi connectivity index (χ3n) is 6.17. The second-order valence-corrected chi connectivity index (χ2v) is 10.9. The van der Waals surface area contributed by atoms with Crippen LogP contribution in [0, 0.1) is 5.82 Å². The monoisotopic (exact) mass is 566 g/mol. The van der Waals surface area contributed by atoms with Crippen LogP contribution in [-0.2, 0) is 14.8 Å². The van der Waals surface area contributed by atoms with Gasteiger partial charge in [-0.15, -0.1) is 5.10 Å². The van der Waals surface area contributed by atoms with Crippen molar-refractivity contribution >= 4 is 44.7 Å². The third kappa shape index (κ3) is 5.65. The summed E-state index contributed by atoms with van der Waals surface area (Å²) >= 11 is 0. The Bertz CT molecular complexity index is 1730. The first kappa shape index (κ1) is 28.3. The average molecular weight is 567 g/mol. The summed E-state index contributed by atoms with van der Waals surface area (Å²) in [5.74, 6) is 4.98. The Labute approximate surface area is 229 Å². The Morgan fingerprint density at radius 2 is 1.82 bits per heavy atom. The first-order valence-corrected chi connectivity index (χ1v) is 13.7. The Kier molecular flexibility index (Phi) is 7.89. The maximum Gasteiger partial charge on any atom is 0.255 e. The van der Waals surface area contributed by atoms with Gasteiger partial charge in [-0.1, -0.05) is 18.2 Å². The maximum absolute atomic E-state index is 13.6. The predicted molar refractivity (Wildman–Crippen MR) is 151 cm³/mol. The van der Waals surface area contributed by atoms with Crippen LogP contribution >= 0.6 is 0 Å². The van der Waals surface area contributed by atoms with Gasteiger partial charge in [0.2, 0.25) is 10.0 Å². The van der Waals surface area contributed by atoms with Crippen LogP contribution in [0.1, 0.15) is 15.9 Å². The number of anilines is 1. The molecule has 0 saturated carbocycles. The summed E-state index contributed by atoms with van der Waals surface area (Å²) < 4.78 is 46.0. The Morgan fingerprint density at radius 1 is 1.12 bits per heavy atom. The molecule has 0 spiro atoms. The number of rotatable bonds is 9. The van der Waals surface area contributed by atoms with Crippen molar-refractivity contribution in [3.63, 3.8) is 0 Å². The van der Waals surface area contributed by atoms with Crippen LogP contribution in [-0.4, -0.2) is 58.5 Å². The Balaban J connectivity index is 2.01. The zero-order valence-electron chi connectivity index (χ0n) is 21.9. The van der Waals surface area contributed by atoms with Gasteiger partial charge < -0.3 is 20.3 Å². The second-order valence-electron chi connectivity index (χ2n) is 8.84. The normalized spacial score (nSPS) is 11.9. The van der Waals surface area contributed by atoms with Gasteiger partial charge >= 0.3 is 0 Å². The number of halogens is 1. The van der Waals surface area contributed by atoms with Crippen LogP contribution in [0.2, 0.25) is 0 Å². The van der Waals surface area contributed by atoms with E-state index in [-0.39, 0.29) is 35.0 Å². The van der Waals surface area contributed by atoms with Crippen LogP contribution in [0.15, 0.2) is 70.2 Å². The highest BCUT2D eigenvalue weighted by molar-refractivity contribution is 7.92. The number of carbonyl (C=O) groups excluding carboxylic acids is 2. The molecule has 1 heterocycles. The number of hydrazone groups is 1. The molecule has 1 aromatic heterocycles. The Morgan fingerprint density at radius 3 is 2.45 bits per heavy atom. The van der Waals surface area contributed by atoms with Crippen molar-refractivity contribution in [3.8, 4) is 22.5 Å². The van der Waals surface area contributed by atoms with Crippen molar-refractivity contribution in [1.29, 1.82) is 0 Å². The molecule has 3 aromatic carbocycles. The number of sulfonamides is 1. The number of benzene rings is 3. The van der Waals surface area contributed by atoms with E-state index >= 15 is 0 Å². The minimum atomic E-state index is -3.72. The van der Waals surface area contributed by atoms with Crippen LogP contribution < -0.4 is 21.2 Å². The molecule has 0 aliphatic carbocycles. The SMILES string of the molecule is CNC(=O)c1c(-c2ccc(F)cc2)oc2cc(N(C)S(C)(=O)=O)c(-c3cccc(/C(N)=N/N(N)CC=O)c3)cc12. The zero-order valence-corrected chi connectivity index (χ0v) is 22.7. The average Bonchev–Trinajstić information content (AvgIpc) is 3.30. The zero-order chi connectivity index (χ0) is 29.2. The number of fused-ring (bicyclic) bond motifs is 1. The standard InChI is InChI=1S/C27H27FN6O5S/c1-31-27(36)24-21-14-20(17-5-4-6-18(13-17)26(29)32-34(30)11-12-35)22(33(2)40(3,37)38)15-23(21)39-25(24)16-7-9-19(28)10-8-16/h4-10,12-15H,11,30H2,1-3H3,(H2,29,32)(H,31,36). The molecule has 0 fully saturated rings. The number of nitrogens with two attached hydrogens (primary N) is 2. The summed E-state index contributed by atoms with van der Waals surface area (Å²) in [5.41, 5.74) is 8.73. The molecule has 0 aliphatic heterocycles. The molecule has 11 nitrogen and oxygen atoms in total. The molecule has 13 heteroatoms. The molecule has 0 bridgehead atoms. The number of hydrogen-bond donors (Lipinski definition) is 3. The fourth-order valence-electron chi connectivity index (χ4n) is 4.12. The molecule has 0 aliphatic rings. The second kappa shape index (κ2) is 11.2. The van der Waals surface area contributed by atoms with Gasteiger partial charge in [0.1, 0.15) is 30.0 Å². The van der Waals surface area contributed by atoms with E-state index in [4.69, 9.17) is 16.0 Å². The van der Waals surface area contributed by atoms with E-state index in [2.05, 4.69) is 10.4 Å². The lowest BCUT2D eigenvalue weighted by Crippen LogP contribution is -2.31. The van der Waals surface area contributed by atoms with Gasteiger partial charge in [-0.2, -0.15) is 0 Å². The number of furan rings is 1. The van der Waals surface area contributed by atoms with Crippen molar-refractivity contribution in [3.05, 3.63) is 77.6 Å². The number of aldehydes is 1. The van der Waals surface area contributed by atoms with Gasteiger partial charge in [0, 0.05) is 42.2 Å². The van der Waals surface area contributed by atoms with E-state index in [1.807, 2.05) is 0 Å². The van der Waals surface area contributed by atoms with Crippen molar-refractivity contribution < 1.29 is 26.8 Å². The van der Waals surface area contributed by atoms with Crippen LogP contribution in [0.3, 0.4) is 0 Å². The first-order valence-electron chi connectivity index (χ1n) is 11.9. The van der Waals surface area contributed by atoms with Crippen molar-refractivity contribution in [2.24, 2.45) is 16.7 Å². The summed E-state index contributed by atoms with van der Waals surface area (Å²) in [6.07, 6.45) is 1.64. The smallest absolute Gasteiger partial charge is 0.255 e. The Hall–Kier alpha value is -4.75. The molecular weight excluding hydrogens is 539 g/mol. The van der Waals surface area contributed by atoms with Crippen molar-refractivity contribution in [1.82, 2.24) is 10.4 Å². The molecular formula is C27H27FN6O5S.